The number of nitrogens with one attached hydrogen (secondary N) is 2. The van der Waals surface area contributed by atoms with E-state index in [1.807, 2.05) is 24.4 Å². The first-order valence-corrected chi connectivity index (χ1v) is 5.28. The maximum Gasteiger partial charge on any atom is 0.0703 e. The summed E-state index contributed by atoms with van der Waals surface area (Å²) in [6, 6.07) is 5.87. The minimum Gasteiger partial charge on any atom is -0.384 e. The molecular weight excluding hydrogens is 210 g/mol. The van der Waals surface area contributed by atoms with Crippen molar-refractivity contribution in [1.82, 2.24) is 10.2 Å². The Labute approximate surface area is 92.5 Å². The molecule has 0 fully saturated rings. The molecule has 0 aliphatic carbocycles. The standard InChI is InChI=1S/C11H10ClN3/c12-8-1-2-9-10(5-8)13-4-3-7-6-14-15-11(7)9/h1-2,5-6,13H,3-4H2,(H,14,15). The molecule has 3 rings (SSSR count). The molecule has 0 saturated heterocycles. The van der Waals surface area contributed by atoms with Crippen LogP contribution in [0.2, 0.25) is 5.02 Å². The van der Waals surface area contributed by atoms with E-state index < -0.39 is 0 Å². The maximum atomic E-state index is 5.97. The first-order chi connectivity index (χ1) is 7.34. The van der Waals surface area contributed by atoms with E-state index in [2.05, 4.69) is 15.5 Å². The summed E-state index contributed by atoms with van der Waals surface area (Å²) >= 11 is 5.97. The zero-order valence-electron chi connectivity index (χ0n) is 8.05. The molecule has 0 amide bonds. The van der Waals surface area contributed by atoms with Crippen LogP contribution >= 0.6 is 11.6 Å². The van der Waals surface area contributed by atoms with Gasteiger partial charge in [0.05, 0.1) is 11.9 Å². The molecule has 0 spiro atoms. The first kappa shape index (κ1) is 8.80. The van der Waals surface area contributed by atoms with E-state index in [1.165, 1.54) is 5.56 Å². The van der Waals surface area contributed by atoms with Gasteiger partial charge in [-0.3, -0.25) is 5.10 Å². The molecule has 76 valence electrons. The van der Waals surface area contributed by atoms with E-state index in [9.17, 15) is 0 Å². The second-order valence-electron chi connectivity index (χ2n) is 3.64. The smallest absolute Gasteiger partial charge is 0.0703 e. The number of anilines is 1. The third-order valence-corrected chi connectivity index (χ3v) is 2.91. The minimum absolute atomic E-state index is 0.754. The lowest BCUT2D eigenvalue weighted by Gasteiger charge is -2.07. The summed E-state index contributed by atoms with van der Waals surface area (Å²) in [5, 5.41) is 11.2. The lowest BCUT2D eigenvalue weighted by atomic mass is 10.1. The van der Waals surface area contributed by atoms with Crippen LogP contribution in [0.5, 0.6) is 0 Å². The Balaban J connectivity index is 2.25. The number of H-pyrrole nitrogens is 1. The summed E-state index contributed by atoms with van der Waals surface area (Å²) in [4.78, 5) is 0. The number of hydrogen-bond acceptors (Lipinski definition) is 2. The predicted molar refractivity (Wildman–Crippen MR) is 61.2 cm³/mol. The number of halogens is 1. The van der Waals surface area contributed by atoms with Gasteiger partial charge in [0.2, 0.25) is 0 Å². The molecule has 0 atom stereocenters. The van der Waals surface area contributed by atoms with Crippen molar-refractivity contribution < 1.29 is 0 Å². The van der Waals surface area contributed by atoms with Crippen molar-refractivity contribution in [3.05, 3.63) is 35.0 Å². The summed E-state index contributed by atoms with van der Waals surface area (Å²) in [7, 11) is 0. The Kier molecular flexibility index (Phi) is 1.92. The molecule has 1 aromatic heterocycles. The van der Waals surface area contributed by atoms with Crippen LogP contribution in [0.3, 0.4) is 0 Å². The van der Waals surface area contributed by atoms with E-state index in [-0.39, 0.29) is 0 Å². The second kappa shape index (κ2) is 3.28. The van der Waals surface area contributed by atoms with Crippen molar-refractivity contribution in [2.75, 3.05) is 11.9 Å². The highest BCUT2D eigenvalue weighted by molar-refractivity contribution is 6.31. The molecule has 0 saturated carbocycles. The topological polar surface area (TPSA) is 40.7 Å². The molecule has 3 nitrogen and oxygen atoms in total. The highest BCUT2D eigenvalue weighted by atomic mass is 35.5. The van der Waals surface area contributed by atoms with Crippen LogP contribution in [0.1, 0.15) is 5.56 Å². The summed E-state index contributed by atoms with van der Waals surface area (Å²) in [5.74, 6) is 0. The van der Waals surface area contributed by atoms with Gasteiger partial charge in [-0.2, -0.15) is 5.10 Å². The molecule has 0 unspecified atom stereocenters. The van der Waals surface area contributed by atoms with Gasteiger partial charge in [0.25, 0.3) is 0 Å². The second-order valence-corrected chi connectivity index (χ2v) is 4.07. The molecule has 2 heterocycles. The van der Waals surface area contributed by atoms with Crippen molar-refractivity contribution in [1.29, 1.82) is 0 Å². The number of benzene rings is 1. The fourth-order valence-electron chi connectivity index (χ4n) is 1.95. The zero-order valence-corrected chi connectivity index (χ0v) is 8.80. The SMILES string of the molecule is Clc1ccc2c(c1)NCCc1cn[nH]c1-2. The Hall–Kier alpha value is -1.48. The summed E-state index contributed by atoms with van der Waals surface area (Å²) in [6.07, 6.45) is 2.87. The third-order valence-electron chi connectivity index (χ3n) is 2.68. The molecule has 0 bridgehead atoms. The quantitative estimate of drug-likeness (QED) is 0.715. The van der Waals surface area contributed by atoms with E-state index in [0.29, 0.717) is 0 Å². The summed E-state index contributed by atoms with van der Waals surface area (Å²) in [5.41, 5.74) is 4.57. The van der Waals surface area contributed by atoms with E-state index >= 15 is 0 Å². The van der Waals surface area contributed by atoms with Gasteiger partial charge < -0.3 is 5.32 Å². The molecule has 1 aromatic carbocycles. The highest BCUT2D eigenvalue weighted by Gasteiger charge is 2.15. The van der Waals surface area contributed by atoms with Gasteiger partial charge in [0.15, 0.2) is 0 Å². The van der Waals surface area contributed by atoms with Crippen molar-refractivity contribution >= 4 is 17.3 Å². The van der Waals surface area contributed by atoms with Gasteiger partial charge in [0, 0.05) is 22.8 Å². The Morgan fingerprint density at radius 3 is 3.20 bits per heavy atom. The normalized spacial score (nSPS) is 13.7. The molecule has 4 heteroatoms. The predicted octanol–water partition coefficient (Wildman–Crippen LogP) is 2.70. The van der Waals surface area contributed by atoms with Gasteiger partial charge >= 0.3 is 0 Å². The summed E-state index contributed by atoms with van der Waals surface area (Å²) < 4.78 is 0. The lowest BCUT2D eigenvalue weighted by molar-refractivity contribution is 1.03. The number of hydrogen-bond donors (Lipinski definition) is 2. The van der Waals surface area contributed by atoms with Crippen LogP contribution in [0.4, 0.5) is 5.69 Å². The lowest BCUT2D eigenvalue weighted by Crippen LogP contribution is -2.01. The molecule has 15 heavy (non-hydrogen) atoms. The van der Waals surface area contributed by atoms with Crippen LogP contribution in [0.15, 0.2) is 24.4 Å². The number of nitrogens with zero attached hydrogens (tertiary/aromatic N) is 1. The van der Waals surface area contributed by atoms with Crippen LogP contribution in [0, 0.1) is 0 Å². The van der Waals surface area contributed by atoms with Crippen LogP contribution < -0.4 is 5.32 Å². The van der Waals surface area contributed by atoms with E-state index in [0.717, 1.165) is 34.9 Å². The van der Waals surface area contributed by atoms with Crippen molar-refractivity contribution in [2.45, 2.75) is 6.42 Å². The van der Waals surface area contributed by atoms with E-state index in [4.69, 9.17) is 11.6 Å². The zero-order chi connectivity index (χ0) is 10.3. The van der Waals surface area contributed by atoms with Crippen LogP contribution in [0.25, 0.3) is 11.3 Å². The number of fused-ring (bicyclic) bond motifs is 3. The average Bonchev–Trinajstić information content (AvgIpc) is 2.61. The number of aromatic nitrogens is 2. The first-order valence-electron chi connectivity index (χ1n) is 4.90. The molecular formula is C11H10ClN3. The Bertz CT molecular complexity index is 504. The van der Waals surface area contributed by atoms with Crippen molar-refractivity contribution in [3.63, 3.8) is 0 Å². The number of aromatic amines is 1. The third kappa shape index (κ3) is 1.39. The largest absolute Gasteiger partial charge is 0.384 e. The average molecular weight is 220 g/mol. The molecule has 2 N–H and O–H groups in total. The van der Waals surface area contributed by atoms with Gasteiger partial charge in [-0.25, -0.2) is 0 Å². The molecule has 1 aliphatic rings. The minimum atomic E-state index is 0.754. The van der Waals surface area contributed by atoms with Gasteiger partial charge in [-0.1, -0.05) is 11.6 Å². The van der Waals surface area contributed by atoms with Crippen LogP contribution in [-0.2, 0) is 6.42 Å². The molecule has 1 aliphatic heterocycles. The summed E-state index contributed by atoms with van der Waals surface area (Å²) in [6.45, 7) is 0.917. The van der Waals surface area contributed by atoms with Gasteiger partial charge in [-0.05, 0) is 30.2 Å². The van der Waals surface area contributed by atoms with Crippen molar-refractivity contribution in [2.24, 2.45) is 0 Å². The Morgan fingerprint density at radius 1 is 1.33 bits per heavy atom. The Morgan fingerprint density at radius 2 is 2.27 bits per heavy atom. The highest BCUT2D eigenvalue weighted by Crippen LogP contribution is 2.33. The fourth-order valence-corrected chi connectivity index (χ4v) is 2.12. The monoisotopic (exact) mass is 219 g/mol. The molecule has 2 aromatic rings. The van der Waals surface area contributed by atoms with Gasteiger partial charge in [-0.15, -0.1) is 0 Å². The molecule has 0 radical (unpaired) electrons. The fraction of sp³-hybridized carbons (Fsp3) is 0.182. The van der Waals surface area contributed by atoms with E-state index in [1.54, 1.807) is 0 Å². The van der Waals surface area contributed by atoms with Crippen LogP contribution in [-0.4, -0.2) is 16.7 Å². The number of rotatable bonds is 0. The maximum absolute atomic E-state index is 5.97. The van der Waals surface area contributed by atoms with Crippen molar-refractivity contribution in [3.8, 4) is 11.3 Å². The van der Waals surface area contributed by atoms with Gasteiger partial charge in [0.1, 0.15) is 0 Å².